The standard InChI is InChI=1S/C34H30N2O5S/c1-22-19-28(17-18-29(22)41-21-31(37)38)40-20-30-35-32(25-11-15-27(16-12-25)34(39)36(2)3)33(42-30)26-13-9-24(10-14-26)23-7-5-4-6-8-23/h4-19H,20-21H2,1-3H3,(H,37,38). The predicted molar refractivity (Wildman–Crippen MR) is 165 cm³/mol. The minimum atomic E-state index is -1.03. The van der Waals surface area contributed by atoms with Gasteiger partial charge in [-0.25, -0.2) is 9.78 Å². The van der Waals surface area contributed by atoms with E-state index in [1.54, 1.807) is 42.5 Å². The van der Waals surface area contributed by atoms with Crippen molar-refractivity contribution in [3.05, 3.63) is 113 Å². The molecule has 0 atom stereocenters. The number of hydrogen-bond donors (Lipinski definition) is 1. The van der Waals surface area contributed by atoms with Gasteiger partial charge in [-0.3, -0.25) is 4.79 Å². The summed E-state index contributed by atoms with van der Waals surface area (Å²) in [6, 6.07) is 31.4. The Hall–Kier alpha value is -4.95. The zero-order valence-electron chi connectivity index (χ0n) is 23.5. The number of nitrogens with zero attached hydrogens (tertiary/aromatic N) is 2. The zero-order chi connectivity index (χ0) is 29.6. The number of carboxylic acids is 1. The minimum absolute atomic E-state index is 0.0553. The summed E-state index contributed by atoms with van der Waals surface area (Å²) in [5.41, 5.74) is 6.44. The second kappa shape index (κ2) is 12.7. The van der Waals surface area contributed by atoms with Crippen LogP contribution in [0, 0.1) is 6.92 Å². The third kappa shape index (κ3) is 6.67. The van der Waals surface area contributed by atoms with E-state index in [-0.39, 0.29) is 12.5 Å². The molecule has 0 saturated heterocycles. The van der Waals surface area contributed by atoms with Crippen molar-refractivity contribution in [3.63, 3.8) is 0 Å². The SMILES string of the molecule is Cc1cc(OCc2nc(-c3ccc(C(=O)N(C)C)cc3)c(-c3ccc(-c4ccccc4)cc3)s2)ccc1OCC(=O)O. The molecule has 0 unspecified atom stereocenters. The number of aromatic nitrogens is 1. The van der Waals surface area contributed by atoms with Gasteiger partial charge in [0.15, 0.2) is 6.61 Å². The lowest BCUT2D eigenvalue weighted by atomic mass is 10.0. The second-order valence-electron chi connectivity index (χ2n) is 9.90. The molecule has 1 aromatic heterocycles. The highest BCUT2D eigenvalue weighted by Crippen LogP contribution is 2.38. The molecule has 0 radical (unpaired) electrons. The van der Waals surface area contributed by atoms with Gasteiger partial charge in [0.25, 0.3) is 5.91 Å². The van der Waals surface area contributed by atoms with Crippen LogP contribution < -0.4 is 9.47 Å². The third-order valence-corrected chi connectivity index (χ3v) is 7.67. The van der Waals surface area contributed by atoms with Gasteiger partial charge >= 0.3 is 5.97 Å². The molecule has 4 aromatic carbocycles. The number of carboxylic acid groups (broad SMARTS) is 1. The van der Waals surface area contributed by atoms with Crippen molar-refractivity contribution in [1.82, 2.24) is 9.88 Å². The van der Waals surface area contributed by atoms with Crippen molar-refractivity contribution in [2.24, 2.45) is 0 Å². The summed E-state index contributed by atoms with van der Waals surface area (Å²) in [6.07, 6.45) is 0. The van der Waals surface area contributed by atoms with Crippen molar-refractivity contribution < 1.29 is 24.2 Å². The van der Waals surface area contributed by atoms with Gasteiger partial charge in [-0.15, -0.1) is 11.3 Å². The Morgan fingerprint density at radius 1 is 0.810 bits per heavy atom. The molecule has 1 N–H and O–H groups in total. The van der Waals surface area contributed by atoms with Crippen LogP contribution in [0.4, 0.5) is 0 Å². The lowest BCUT2D eigenvalue weighted by Gasteiger charge is -2.10. The van der Waals surface area contributed by atoms with Crippen LogP contribution in [0.3, 0.4) is 0 Å². The van der Waals surface area contributed by atoms with Crippen molar-refractivity contribution in [1.29, 1.82) is 0 Å². The van der Waals surface area contributed by atoms with Gasteiger partial charge in [0.2, 0.25) is 0 Å². The van der Waals surface area contributed by atoms with Crippen molar-refractivity contribution in [3.8, 4) is 44.3 Å². The first-order valence-electron chi connectivity index (χ1n) is 13.3. The highest BCUT2D eigenvalue weighted by molar-refractivity contribution is 7.15. The van der Waals surface area contributed by atoms with Crippen LogP contribution in [0.25, 0.3) is 32.8 Å². The molecule has 212 valence electrons. The van der Waals surface area contributed by atoms with E-state index < -0.39 is 12.6 Å². The van der Waals surface area contributed by atoms with Crippen LogP contribution in [0.2, 0.25) is 0 Å². The molecular weight excluding hydrogens is 548 g/mol. The maximum atomic E-state index is 12.4. The summed E-state index contributed by atoms with van der Waals surface area (Å²) < 4.78 is 11.4. The van der Waals surface area contributed by atoms with Crippen LogP contribution in [-0.2, 0) is 11.4 Å². The van der Waals surface area contributed by atoms with Crippen LogP contribution >= 0.6 is 11.3 Å². The van der Waals surface area contributed by atoms with Crippen molar-refractivity contribution >= 4 is 23.2 Å². The molecule has 8 heteroatoms. The Morgan fingerprint density at radius 3 is 2.10 bits per heavy atom. The molecule has 1 heterocycles. The molecular formula is C34H30N2O5S. The van der Waals surface area contributed by atoms with Gasteiger partial charge in [0.1, 0.15) is 23.1 Å². The van der Waals surface area contributed by atoms with E-state index in [0.29, 0.717) is 17.1 Å². The fourth-order valence-corrected chi connectivity index (χ4v) is 5.45. The maximum Gasteiger partial charge on any atom is 0.341 e. The molecule has 7 nitrogen and oxygen atoms in total. The van der Waals surface area contributed by atoms with Gasteiger partial charge in [0.05, 0.1) is 10.6 Å². The summed E-state index contributed by atoms with van der Waals surface area (Å²) >= 11 is 1.56. The zero-order valence-corrected chi connectivity index (χ0v) is 24.4. The predicted octanol–water partition coefficient (Wildman–Crippen LogP) is 7.20. The maximum absolute atomic E-state index is 12.4. The molecule has 5 rings (SSSR count). The fraction of sp³-hybridized carbons (Fsp3) is 0.147. The fourth-order valence-electron chi connectivity index (χ4n) is 4.45. The highest BCUT2D eigenvalue weighted by Gasteiger charge is 2.17. The van der Waals surface area contributed by atoms with Gasteiger partial charge < -0.3 is 19.5 Å². The average molecular weight is 579 g/mol. The Labute approximate surface area is 248 Å². The lowest BCUT2D eigenvalue weighted by Crippen LogP contribution is -2.21. The van der Waals surface area contributed by atoms with Gasteiger partial charge in [-0.05, 0) is 59.5 Å². The van der Waals surface area contributed by atoms with Crippen LogP contribution in [-0.4, -0.2) is 47.6 Å². The number of benzene rings is 4. The first-order chi connectivity index (χ1) is 20.3. The number of amides is 1. The average Bonchev–Trinajstić information content (AvgIpc) is 3.44. The van der Waals surface area contributed by atoms with E-state index in [4.69, 9.17) is 19.6 Å². The number of rotatable bonds is 10. The number of thiazole rings is 1. The van der Waals surface area contributed by atoms with Crippen LogP contribution in [0.15, 0.2) is 97.1 Å². The Kier molecular flexibility index (Phi) is 8.64. The molecule has 0 aliphatic carbocycles. The van der Waals surface area contributed by atoms with Gasteiger partial charge in [-0.2, -0.15) is 0 Å². The summed E-state index contributed by atoms with van der Waals surface area (Å²) in [4.78, 5) is 30.8. The molecule has 0 spiro atoms. The monoisotopic (exact) mass is 578 g/mol. The van der Waals surface area contributed by atoms with E-state index >= 15 is 0 Å². The summed E-state index contributed by atoms with van der Waals surface area (Å²) in [7, 11) is 3.47. The quantitative estimate of drug-likeness (QED) is 0.189. The van der Waals surface area contributed by atoms with Crippen LogP contribution in [0.1, 0.15) is 20.9 Å². The van der Waals surface area contributed by atoms with E-state index in [0.717, 1.165) is 43.4 Å². The topological polar surface area (TPSA) is 89.0 Å². The molecule has 42 heavy (non-hydrogen) atoms. The molecule has 0 bridgehead atoms. The molecule has 0 saturated carbocycles. The number of carbonyl (C=O) groups is 2. The van der Waals surface area contributed by atoms with E-state index in [1.165, 1.54) is 0 Å². The number of hydrogen-bond acceptors (Lipinski definition) is 6. The normalized spacial score (nSPS) is 10.7. The molecule has 0 aliphatic rings. The largest absolute Gasteiger partial charge is 0.486 e. The van der Waals surface area contributed by atoms with Gasteiger partial charge in [-0.1, -0.05) is 66.7 Å². The smallest absolute Gasteiger partial charge is 0.341 e. The number of aliphatic carboxylic acids is 1. The molecule has 0 aliphatic heterocycles. The number of aryl methyl sites for hydroxylation is 1. The Balaban J connectivity index is 1.43. The number of ether oxygens (including phenoxy) is 2. The minimum Gasteiger partial charge on any atom is -0.486 e. The molecule has 5 aromatic rings. The van der Waals surface area contributed by atoms with Crippen molar-refractivity contribution in [2.45, 2.75) is 13.5 Å². The van der Waals surface area contributed by atoms with Gasteiger partial charge in [0, 0.05) is 25.2 Å². The highest BCUT2D eigenvalue weighted by atomic mass is 32.1. The summed E-state index contributed by atoms with van der Waals surface area (Å²) in [5, 5.41) is 9.67. The molecule has 0 fully saturated rings. The molecule has 1 amide bonds. The van der Waals surface area contributed by atoms with Crippen LogP contribution in [0.5, 0.6) is 11.5 Å². The van der Waals surface area contributed by atoms with E-state index in [2.05, 4.69) is 36.4 Å². The second-order valence-corrected chi connectivity index (χ2v) is 11.0. The summed E-state index contributed by atoms with van der Waals surface area (Å²) in [6.45, 7) is 1.70. The first kappa shape index (κ1) is 28.6. The Bertz CT molecular complexity index is 1700. The first-order valence-corrected chi connectivity index (χ1v) is 14.2. The van der Waals surface area contributed by atoms with Crippen molar-refractivity contribution in [2.75, 3.05) is 20.7 Å². The van der Waals surface area contributed by atoms with E-state index in [9.17, 15) is 9.59 Å². The lowest BCUT2D eigenvalue weighted by molar-refractivity contribution is -0.139. The Morgan fingerprint density at radius 2 is 1.45 bits per heavy atom. The third-order valence-electron chi connectivity index (χ3n) is 6.60. The van der Waals surface area contributed by atoms with E-state index in [1.807, 2.05) is 55.5 Å². The number of carbonyl (C=O) groups excluding carboxylic acids is 1. The summed E-state index contributed by atoms with van der Waals surface area (Å²) in [5.74, 6) is 0.0463.